The molecule has 3 nitrogen and oxygen atoms in total. The zero-order chi connectivity index (χ0) is 14.7. The highest BCUT2D eigenvalue weighted by Crippen LogP contribution is 2.47. The van der Waals surface area contributed by atoms with E-state index in [1.165, 1.54) is 38.5 Å². The van der Waals surface area contributed by atoms with Crippen molar-refractivity contribution in [3.05, 3.63) is 0 Å². The van der Waals surface area contributed by atoms with Crippen LogP contribution in [0, 0.1) is 23.7 Å². The van der Waals surface area contributed by atoms with E-state index in [1.807, 2.05) is 0 Å². The van der Waals surface area contributed by atoms with Gasteiger partial charge in [-0.3, -0.25) is 0 Å². The van der Waals surface area contributed by atoms with Crippen LogP contribution in [0.4, 0.5) is 0 Å². The van der Waals surface area contributed by atoms with Gasteiger partial charge in [0.1, 0.15) is 0 Å². The summed E-state index contributed by atoms with van der Waals surface area (Å²) in [6.07, 6.45) is 10.2. The molecule has 4 unspecified atom stereocenters. The van der Waals surface area contributed by atoms with Crippen LogP contribution >= 0.6 is 0 Å². The van der Waals surface area contributed by atoms with Crippen molar-refractivity contribution >= 4 is 0 Å². The quantitative estimate of drug-likeness (QED) is 0.868. The van der Waals surface area contributed by atoms with E-state index in [1.54, 1.807) is 0 Å². The average Bonchev–Trinajstić information content (AvgIpc) is 2.55. The second-order valence-corrected chi connectivity index (χ2v) is 7.64. The standard InChI is InChI=1S/C18H33NO2/c1-2-14-3-4-16(13-19)17(11-14)15-5-8-21-18(12-15)6-9-20-10-7-18/h14-17H,2-13,19H2,1H3. The summed E-state index contributed by atoms with van der Waals surface area (Å²) in [6, 6.07) is 0. The maximum Gasteiger partial charge on any atom is 0.0729 e. The molecule has 122 valence electrons. The molecule has 0 amide bonds. The molecule has 3 aliphatic rings. The Morgan fingerprint density at radius 1 is 1.10 bits per heavy atom. The van der Waals surface area contributed by atoms with Crippen LogP contribution in [0.3, 0.4) is 0 Å². The Labute approximate surface area is 129 Å². The fourth-order valence-corrected chi connectivity index (χ4v) is 5.12. The first-order chi connectivity index (χ1) is 10.3. The van der Waals surface area contributed by atoms with Crippen molar-refractivity contribution in [1.29, 1.82) is 0 Å². The van der Waals surface area contributed by atoms with Crippen LogP contribution in [-0.4, -0.2) is 32.0 Å². The van der Waals surface area contributed by atoms with Crippen molar-refractivity contribution in [3.8, 4) is 0 Å². The number of hydrogen-bond acceptors (Lipinski definition) is 3. The summed E-state index contributed by atoms with van der Waals surface area (Å²) in [5.74, 6) is 3.37. The molecule has 3 rings (SSSR count). The summed E-state index contributed by atoms with van der Waals surface area (Å²) >= 11 is 0. The van der Waals surface area contributed by atoms with Gasteiger partial charge in [0.15, 0.2) is 0 Å². The first-order valence-electron chi connectivity index (χ1n) is 9.18. The Balaban J connectivity index is 1.68. The van der Waals surface area contributed by atoms with Crippen LogP contribution in [0.5, 0.6) is 0 Å². The molecule has 2 saturated heterocycles. The van der Waals surface area contributed by atoms with Gasteiger partial charge in [-0.2, -0.15) is 0 Å². The van der Waals surface area contributed by atoms with Crippen molar-refractivity contribution in [2.24, 2.45) is 29.4 Å². The molecular formula is C18H33NO2. The van der Waals surface area contributed by atoms with Gasteiger partial charge < -0.3 is 15.2 Å². The lowest BCUT2D eigenvalue weighted by Gasteiger charge is -2.48. The zero-order valence-electron chi connectivity index (χ0n) is 13.7. The summed E-state index contributed by atoms with van der Waals surface area (Å²) in [7, 11) is 0. The molecule has 4 atom stereocenters. The number of nitrogens with two attached hydrogens (primary N) is 1. The van der Waals surface area contributed by atoms with Crippen molar-refractivity contribution in [2.75, 3.05) is 26.4 Å². The summed E-state index contributed by atoms with van der Waals surface area (Å²) in [5.41, 5.74) is 6.24. The predicted octanol–water partition coefficient (Wildman–Crippen LogP) is 3.36. The third kappa shape index (κ3) is 3.46. The van der Waals surface area contributed by atoms with E-state index in [4.69, 9.17) is 15.2 Å². The average molecular weight is 295 g/mol. The van der Waals surface area contributed by atoms with E-state index >= 15 is 0 Å². The topological polar surface area (TPSA) is 44.5 Å². The van der Waals surface area contributed by atoms with E-state index in [9.17, 15) is 0 Å². The predicted molar refractivity (Wildman–Crippen MR) is 85.1 cm³/mol. The molecule has 0 aromatic heterocycles. The number of rotatable bonds is 3. The third-order valence-electron chi connectivity index (χ3n) is 6.58. The van der Waals surface area contributed by atoms with Gasteiger partial charge >= 0.3 is 0 Å². The molecule has 1 saturated carbocycles. The van der Waals surface area contributed by atoms with Crippen LogP contribution in [-0.2, 0) is 9.47 Å². The molecule has 0 bridgehead atoms. The first-order valence-corrected chi connectivity index (χ1v) is 9.18. The largest absolute Gasteiger partial charge is 0.381 e. The lowest BCUT2D eigenvalue weighted by molar-refractivity contribution is -0.157. The molecule has 1 spiro atoms. The fourth-order valence-electron chi connectivity index (χ4n) is 5.12. The molecule has 0 aromatic rings. The second-order valence-electron chi connectivity index (χ2n) is 7.64. The van der Waals surface area contributed by atoms with Gasteiger partial charge in [-0.05, 0) is 68.7 Å². The van der Waals surface area contributed by atoms with Gasteiger partial charge in [0.2, 0.25) is 0 Å². The highest BCUT2D eigenvalue weighted by atomic mass is 16.5. The summed E-state index contributed by atoms with van der Waals surface area (Å²) in [6.45, 7) is 5.96. The highest BCUT2D eigenvalue weighted by molar-refractivity contribution is 4.94. The monoisotopic (exact) mass is 295 g/mol. The van der Waals surface area contributed by atoms with Crippen LogP contribution < -0.4 is 5.73 Å². The van der Waals surface area contributed by atoms with Gasteiger partial charge in [-0.15, -0.1) is 0 Å². The Kier molecular flexibility index (Phi) is 5.23. The van der Waals surface area contributed by atoms with Crippen LogP contribution in [0.15, 0.2) is 0 Å². The molecule has 2 N–H and O–H groups in total. The van der Waals surface area contributed by atoms with E-state index in [-0.39, 0.29) is 5.60 Å². The van der Waals surface area contributed by atoms with Gasteiger partial charge in [0.25, 0.3) is 0 Å². The maximum atomic E-state index is 6.24. The Hall–Kier alpha value is -0.120. The molecule has 1 aliphatic carbocycles. The minimum absolute atomic E-state index is 0.138. The number of hydrogen-bond donors (Lipinski definition) is 1. The minimum atomic E-state index is 0.138. The van der Waals surface area contributed by atoms with Crippen molar-refractivity contribution < 1.29 is 9.47 Å². The Bertz CT molecular complexity index is 322. The Morgan fingerprint density at radius 3 is 2.62 bits per heavy atom. The van der Waals surface area contributed by atoms with E-state index in [0.29, 0.717) is 0 Å². The summed E-state index contributed by atoms with van der Waals surface area (Å²) < 4.78 is 11.8. The van der Waals surface area contributed by atoms with E-state index < -0.39 is 0 Å². The lowest BCUT2D eigenvalue weighted by atomic mass is 9.64. The molecule has 0 aromatic carbocycles. The SMILES string of the molecule is CCC1CCC(CN)C(C2CCOC3(CCOCC3)C2)C1. The fraction of sp³-hybridized carbons (Fsp3) is 1.00. The van der Waals surface area contributed by atoms with E-state index in [0.717, 1.165) is 62.9 Å². The normalized spacial score (nSPS) is 40.3. The van der Waals surface area contributed by atoms with Gasteiger partial charge in [-0.25, -0.2) is 0 Å². The first kappa shape index (κ1) is 15.8. The molecule has 2 aliphatic heterocycles. The smallest absolute Gasteiger partial charge is 0.0729 e. The van der Waals surface area contributed by atoms with Crippen LogP contribution in [0.2, 0.25) is 0 Å². The van der Waals surface area contributed by atoms with E-state index in [2.05, 4.69) is 6.92 Å². The zero-order valence-corrected chi connectivity index (χ0v) is 13.7. The van der Waals surface area contributed by atoms with Crippen LogP contribution in [0.1, 0.15) is 58.3 Å². The molecule has 0 radical (unpaired) electrons. The van der Waals surface area contributed by atoms with Gasteiger partial charge in [-0.1, -0.05) is 19.8 Å². The number of ether oxygens (including phenoxy) is 2. The van der Waals surface area contributed by atoms with Crippen molar-refractivity contribution in [2.45, 2.75) is 63.9 Å². The van der Waals surface area contributed by atoms with Crippen molar-refractivity contribution in [3.63, 3.8) is 0 Å². The second kappa shape index (κ2) is 6.97. The summed E-state index contributed by atoms with van der Waals surface area (Å²) in [5, 5.41) is 0. The van der Waals surface area contributed by atoms with Crippen LogP contribution in [0.25, 0.3) is 0 Å². The molecule has 2 heterocycles. The molecule has 21 heavy (non-hydrogen) atoms. The third-order valence-corrected chi connectivity index (χ3v) is 6.58. The van der Waals surface area contributed by atoms with Crippen molar-refractivity contribution in [1.82, 2.24) is 0 Å². The Morgan fingerprint density at radius 2 is 1.90 bits per heavy atom. The molecule has 3 fully saturated rings. The molecular weight excluding hydrogens is 262 g/mol. The molecule has 3 heteroatoms. The van der Waals surface area contributed by atoms with Gasteiger partial charge in [0, 0.05) is 19.8 Å². The van der Waals surface area contributed by atoms with Gasteiger partial charge in [0.05, 0.1) is 5.60 Å². The highest BCUT2D eigenvalue weighted by Gasteiger charge is 2.43. The maximum absolute atomic E-state index is 6.24. The summed E-state index contributed by atoms with van der Waals surface area (Å²) in [4.78, 5) is 0. The minimum Gasteiger partial charge on any atom is -0.381 e. The lowest BCUT2D eigenvalue weighted by Crippen LogP contribution is -2.47.